The Bertz CT molecular complexity index is 875. The molecule has 2 saturated heterocycles. The quantitative estimate of drug-likeness (QED) is 0.775. The van der Waals surface area contributed by atoms with Gasteiger partial charge in [0.25, 0.3) is 0 Å². The van der Waals surface area contributed by atoms with E-state index >= 15 is 0 Å². The van der Waals surface area contributed by atoms with E-state index in [0.717, 1.165) is 45.5 Å². The second-order valence-electron chi connectivity index (χ2n) is 9.26. The van der Waals surface area contributed by atoms with Crippen LogP contribution in [0.15, 0.2) is 54.6 Å². The number of hydrogen-bond acceptors (Lipinski definition) is 4. The Kier molecular flexibility index (Phi) is 5.35. The lowest BCUT2D eigenvalue weighted by molar-refractivity contribution is -0.0449. The lowest BCUT2D eigenvalue weighted by atomic mass is 9.87. The van der Waals surface area contributed by atoms with Gasteiger partial charge in [0.15, 0.2) is 0 Å². The Labute approximate surface area is 178 Å². The molecule has 3 aliphatic rings. The molecular weight excluding hydrogens is 374 g/mol. The van der Waals surface area contributed by atoms with Gasteiger partial charge in [0, 0.05) is 43.2 Å². The third-order valence-corrected chi connectivity index (χ3v) is 7.09. The average molecular weight is 406 g/mol. The summed E-state index contributed by atoms with van der Waals surface area (Å²) in [7, 11) is 0. The van der Waals surface area contributed by atoms with Crippen LogP contribution in [0.4, 0.5) is 0 Å². The van der Waals surface area contributed by atoms with E-state index in [1.54, 1.807) is 0 Å². The molecule has 1 saturated carbocycles. The SMILES string of the molecule is NC(=O)c1ccc(CN2CCC3(CC2)CC(N[C@@H]2C[C@H]2c2ccccc2)CO3)cc1. The monoisotopic (exact) mass is 405 g/mol. The number of primary amides is 1. The normalized spacial score (nSPS) is 27.9. The van der Waals surface area contributed by atoms with Gasteiger partial charge in [-0.3, -0.25) is 9.69 Å². The Morgan fingerprint density at radius 1 is 1.10 bits per heavy atom. The Balaban J connectivity index is 1.09. The average Bonchev–Trinajstić information content (AvgIpc) is 3.43. The molecule has 2 aromatic carbocycles. The first-order chi connectivity index (χ1) is 14.6. The van der Waals surface area contributed by atoms with Crippen molar-refractivity contribution in [1.82, 2.24) is 10.2 Å². The highest BCUT2D eigenvalue weighted by Crippen LogP contribution is 2.43. The van der Waals surface area contributed by atoms with Crippen LogP contribution < -0.4 is 11.1 Å². The lowest BCUT2D eigenvalue weighted by Crippen LogP contribution is -2.44. The zero-order valence-electron chi connectivity index (χ0n) is 17.4. The fourth-order valence-electron chi connectivity index (χ4n) is 5.20. The number of nitrogens with zero attached hydrogens (tertiary/aromatic N) is 1. The molecule has 1 aliphatic carbocycles. The largest absolute Gasteiger partial charge is 0.373 e. The first kappa shape index (κ1) is 19.7. The molecule has 0 bridgehead atoms. The van der Waals surface area contributed by atoms with Gasteiger partial charge in [-0.1, -0.05) is 42.5 Å². The highest BCUT2D eigenvalue weighted by Gasteiger charge is 2.46. The number of hydrogen-bond donors (Lipinski definition) is 2. The predicted molar refractivity (Wildman–Crippen MR) is 117 cm³/mol. The Morgan fingerprint density at radius 2 is 1.83 bits per heavy atom. The van der Waals surface area contributed by atoms with Crippen molar-refractivity contribution in [3.8, 4) is 0 Å². The number of nitrogens with one attached hydrogen (secondary N) is 1. The summed E-state index contributed by atoms with van der Waals surface area (Å²) in [5.41, 5.74) is 8.64. The molecule has 5 nitrogen and oxygen atoms in total. The van der Waals surface area contributed by atoms with E-state index in [0.29, 0.717) is 23.6 Å². The van der Waals surface area contributed by atoms with Crippen molar-refractivity contribution in [2.75, 3.05) is 19.7 Å². The fourth-order valence-corrected chi connectivity index (χ4v) is 5.20. The zero-order valence-corrected chi connectivity index (χ0v) is 17.4. The lowest BCUT2D eigenvalue weighted by Gasteiger charge is -2.38. The molecule has 0 radical (unpaired) electrons. The maximum atomic E-state index is 11.2. The molecule has 3 N–H and O–H groups in total. The summed E-state index contributed by atoms with van der Waals surface area (Å²) in [6, 6.07) is 19.6. The molecule has 1 unspecified atom stereocenters. The zero-order chi connectivity index (χ0) is 20.6. The van der Waals surface area contributed by atoms with Gasteiger partial charge < -0.3 is 15.8 Å². The smallest absolute Gasteiger partial charge is 0.248 e. The predicted octanol–water partition coefficient (Wildman–Crippen LogP) is 3.05. The summed E-state index contributed by atoms with van der Waals surface area (Å²) in [4.78, 5) is 13.7. The number of benzene rings is 2. The molecule has 5 heteroatoms. The minimum absolute atomic E-state index is 0.0567. The minimum atomic E-state index is -0.371. The van der Waals surface area contributed by atoms with Crippen LogP contribution in [0.3, 0.4) is 0 Å². The van der Waals surface area contributed by atoms with E-state index in [-0.39, 0.29) is 11.5 Å². The summed E-state index contributed by atoms with van der Waals surface area (Å²) < 4.78 is 6.36. The van der Waals surface area contributed by atoms with Gasteiger partial charge in [-0.15, -0.1) is 0 Å². The first-order valence-electron chi connectivity index (χ1n) is 11.2. The van der Waals surface area contributed by atoms with Gasteiger partial charge in [0.2, 0.25) is 5.91 Å². The minimum Gasteiger partial charge on any atom is -0.373 e. The molecule has 158 valence electrons. The van der Waals surface area contributed by atoms with Crippen LogP contribution in [-0.4, -0.2) is 48.2 Å². The number of rotatable bonds is 6. The van der Waals surface area contributed by atoms with Crippen LogP contribution >= 0.6 is 0 Å². The van der Waals surface area contributed by atoms with Crippen molar-refractivity contribution in [3.05, 3.63) is 71.3 Å². The van der Waals surface area contributed by atoms with Gasteiger partial charge >= 0.3 is 0 Å². The molecule has 30 heavy (non-hydrogen) atoms. The molecular formula is C25H31N3O2. The Hall–Kier alpha value is -2.21. The summed E-state index contributed by atoms with van der Waals surface area (Å²) in [6.45, 7) is 3.87. The molecule has 2 heterocycles. The number of carbonyl (C=O) groups excluding carboxylic acids is 1. The third kappa shape index (κ3) is 4.29. The van der Waals surface area contributed by atoms with Crippen molar-refractivity contribution in [1.29, 1.82) is 0 Å². The molecule has 1 amide bonds. The maximum Gasteiger partial charge on any atom is 0.248 e. The number of likely N-dealkylation sites (tertiary alicyclic amines) is 1. The van der Waals surface area contributed by atoms with E-state index in [1.165, 1.54) is 17.5 Å². The van der Waals surface area contributed by atoms with Gasteiger partial charge in [0.05, 0.1) is 12.2 Å². The fraction of sp³-hybridized carbons (Fsp3) is 0.480. The summed E-state index contributed by atoms with van der Waals surface area (Å²) in [5.74, 6) is 0.301. The topological polar surface area (TPSA) is 67.6 Å². The molecule has 3 atom stereocenters. The third-order valence-electron chi connectivity index (χ3n) is 7.09. The van der Waals surface area contributed by atoms with Crippen LogP contribution in [0.5, 0.6) is 0 Å². The second-order valence-corrected chi connectivity index (χ2v) is 9.26. The van der Waals surface area contributed by atoms with Crippen LogP contribution in [0.1, 0.15) is 53.1 Å². The van der Waals surface area contributed by atoms with Crippen LogP contribution in [0.2, 0.25) is 0 Å². The maximum absolute atomic E-state index is 11.2. The van der Waals surface area contributed by atoms with Gasteiger partial charge in [-0.25, -0.2) is 0 Å². The molecule has 2 aliphatic heterocycles. The number of ether oxygens (including phenoxy) is 1. The molecule has 3 fully saturated rings. The van der Waals surface area contributed by atoms with Crippen LogP contribution in [-0.2, 0) is 11.3 Å². The summed E-state index contributed by atoms with van der Waals surface area (Å²) in [6.07, 6.45) is 4.57. The molecule has 1 spiro atoms. The number of nitrogens with two attached hydrogens (primary N) is 1. The van der Waals surface area contributed by atoms with Crippen molar-refractivity contribution >= 4 is 5.91 Å². The van der Waals surface area contributed by atoms with Crippen LogP contribution in [0.25, 0.3) is 0 Å². The molecule has 0 aromatic heterocycles. The summed E-state index contributed by atoms with van der Waals surface area (Å²) in [5, 5.41) is 3.86. The van der Waals surface area contributed by atoms with Gasteiger partial charge in [-0.05, 0) is 48.9 Å². The number of piperidine rings is 1. The van der Waals surface area contributed by atoms with Gasteiger partial charge in [0.1, 0.15) is 0 Å². The van der Waals surface area contributed by atoms with Crippen molar-refractivity contribution in [3.63, 3.8) is 0 Å². The molecule has 2 aromatic rings. The van der Waals surface area contributed by atoms with Gasteiger partial charge in [-0.2, -0.15) is 0 Å². The number of amides is 1. The number of carbonyl (C=O) groups is 1. The summed E-state index contributed by atoms with van der Waals surface area (Å²) >= 11 is 0. The van der Waals surface area contributed by atoms with E-state index in [1.807, 2.05) is 24.3 Å². The highest BCUT2D eigenvalue weighted by molar-refractivity contribution is 5.92. The first-order valence-corrected chi connectivity index (χ1v) is 11.2. The van der Waals surface area contributed by atoms with Crippen LogP contribution in [0, 0.1) is 0 Å². The van der Waals surface area contributed by atoms with Crippen molar-refractivity contribution in [2.45, 2.75) is 55.8 Å². The second kappa shape index (κ2) is 8.14. The molecule has 5 rings (SSSR count). The van der Waals surface area contributed by atoms with E-state index < -0.39 is 0 Å². The highest BCUT2D eigenvalue weighted by atomic mass is 16.5. The van der Waals surface area contributed by atoms with Crippen molar-refractivity contribution in [2.24, 2.45) is 5.73 Å². The van der Waals surface area contributed by atoms with E-state index in [4.69, 9.17) is 10.5 Å². The standard InChI is InChI=1S/C25H31N3O2/c26-24(29)20-8-6-18(7-9-20)16-28-12-10-25(11-13-28)15-21(17-30-25)27-23-14-22(23)19-4-2-1-3-5-19/h1-9,21-23,27H,10-17H2,(H2,26,29)/t21?,22-,23+/m0/s1. The van der Waals surface area contributed by atoms with E-state index in [9.17, 15) is 4.79 Å². The van der Waals surface area contributed by atoms with E-state index in [2.05, 4.69) is 40.5 Å². The Morgan fingerprint density at radius 3 is 2.53 bits per heavy atom. The van der Waals surface area contributed by atoms with Crippen molar-refractivity contribution < 1.29 is 9.53 Å².